The second kappa shape index (κ2) is 23.4. The third kappa shape index (κ3) is 12.4. The van der Waals surface area contributed by atoms with Crippen LogP contribution < -0.4 is 4.90 Å². The maximum Gasteiger partial charge on any atom is 0.308 e. The van der Waals surface area contributed by atoms with Gasteiger partial charge in [-0.05, 0) is 56.1 Å². The van der Waals surface area contributed by atoms with Gasteiger partial charge >= 0.3 is 5.97 Å². The van der Waals surface area contributed by atoms with Crippen molar-refractivity contribution in [3.05, 3.63) is 75.3 Å². The molecular weight excluding hydrogens is 631 g/mol. The molecule has 0 spiro atoms. The number of carbonyl (C=O) groups excluding carboxylic acids is 2. The number of thioether (sulfide) groups is 1. The van der Waals surface area contributed by atoms with Gasteiger partial charge in [-0.3, -0.25) is 9.59 Å². The molecule has 0 N–H and O–H groups in total. The molecular formula is C40H55N5O3S. The summed E-state index contributed by atoms with van der Waals surface area (Å²) in [5.41, 5.74) is 2.09. The number of ether oxygens (including phenoxy) is 1. The highest BCUT2D eigenvalue weighted by Gasteiger charge is 2.36. The zero-order valence-electron chi connectivity index (χ0n) is 30.4. The molecule has 1 amide bonds. The third-order valence-corrected chi connectivity index (χ3v) is 9.94. The van der Waals surface area contributed by atoms with Crippen LogP contribution in [0.5, 0.6) is 0 Å². The number of anilines is 1. The number of hydrogen-bond donors (Lipinski definition) is 0. The molecule has 1 unspecified atom stereocenters. The summed E-state index contributed by atoms with van der Waals surface area (Å²) >= 11 is 1.78. The second-order valence-electron chi connectivity index (χ2n) is 12.3. The number of benzene rings is 1. The maximum atomic E-state index is 13.6. The average molecular weight is 686 g/mol. The first-order valence-corrected chi connectivity index (χ1v) is 19.2. The number of carbonyl (C=O) groups is 2. The molecule has 49 heavy (non-hydrogen) atoms. The molecule has 1 heterocycles. The number of likely N-dealkylation sites (N-methyl/N-ethyl adjacent to an activating group) is 1. The second-order valence-corrected chi connectivity index (χ2v) is 13.4. The highest BCUT2D eigenvalue weighted by Crippen LogP contribution is 2.36. The lowest BCUT2D eigenvalue weighted by atomic mass is 10.00. The fourth-order valence-corrected chi connectivity index (χ4v) is 6.85. The van der Waals surface area contributed by atoms with Crippen molar-refractivity contribution in [2.24, 2.45) is 5.92 Å². The molecule has 8 nitrogen and oxygen atoms in total. The number of rotatable bonds is 23. The van der Waals surface area contributed by atoms with E-state index in [9.17, 15) is 14.9 Å². The zero-order valence-corrected chi connectivity index (χ0v) is 31.2. The Bertz CT molecular complexity index is 1440. The van der Waals surface area contributed by atoms with Crippen molar-refractivity contribution in [2.45, 2.75) is 117 Å². The third-order valence-electron chi connectivity index (χ3n) is 8.78. The SMILES string of the molecule is [C-]#[N+]C1=C(/C=C/c2ccc(N(CC)CCOC(=O)C(CC)CCCC)cc2SCCCCCCCC)C(=O)N(CCCC)/C1=C(\C#N)[N+]#[C-]. The minimum absolute atomic E-state index is 0.0468. The molecule has 1 aromatic carbocycles. The van der Waals surface area contributed by atoms with Crippen LogP contribution >= 0.6 is 11.8 Å². The fourth-order valence-electron chi connectivity index (χ4n) is 5.77. The average Bonchev–Trinajstić information content (AvgIpc) is 3.38. The Morgan fingerprint density at radius 3 is 2.37 bits per heavy atom. The van der Waals surface area contributed by atoms with Gasteiger partial charge in [0.1, 0.15) is 6.61 Å². The van der Waals surface area contributed by atoms with Gasteiger partial charge in [-0.2, -0.15) is 0 Å². The number of amides is 1. The van der Waals surface area contributed by atoms with E-state index < -0.39 is 0 Å². The predicted octanol–water partition coefficient (Wildman–Crippen LogP) is 10.2. The largest absolute Gasteiger partial charge is 0.464 e. The van der Waals surface area contributed by atoms with E-state index in [4.69, 9.17) is 17.9 Å². The molecule has 0 aliphatic carbocycles. The Hall–Kier alpha value is -4.00. The molecule has 0 bridgehead atoms. The number of nitrogens with zero attached hydrogens (tertiary/aromatic N) is 5. The Labute approximate surface area is 299 Å². The summed E-state index contributed by atoms with van der Waals surface area (Å²) in [6.07, 6.45) is 16.1. The van der Waals surface area contributed by atoms with E-state index in [1.165, 1.54) is 37.0 Å². The summed E-state index contributed by atoms with van der Waals surface area (Å²) in [6.45, 7) is 27.9. The van der Waals surface area contributed by atoms with E-state index in [2.05, 4.69) is 41.4 Å². The smallest absolute Gasteiger partial charge is 0.308 e. The number of esters is 1. The Kier molecular flexibility index (Phi) is 19.6. The van der Waals surface area contributed by atoms with Gasteiger partial charge in [0.05, 0.1) is 37.4 Å². The van der Waals surface area contributed by atoms with Gasteiger partial charge in [0.2, 0.25) is 11.6 Å². The van der Waals surface area contributed by atoms with Crippen LogP contribution in [-0.2, 0) is 14.3 Å². The Balaban J connectivity index is 2.39. The van der Waals surface area contributed by atoms with Gasteiger partial charge < -0.3 is 14.5 Å². The van der Waals surface area contributed by atoms with E-state index in [0.717, 1.165) is 67.0 Å². The standard InChI is InChI=1S/C40H55N5O3S/c1-8-13-16-17-18-19-28-49-36-29-33(44(12-5)26-27-48-40(47)31(11-4)20-14-9-2)23-21-32(36)22-24-34-37(43-7)38(35(30-41)42-6)45(39(34)46)25-15-10-3/h21-24,29,31H,8-20,25-28H2,1-5H3/b24-22+,38-35+. The molecule has 0 radical (unpaired) electrons. The predicted molar refractivity (Wildman–Crippen MR) is 201 cm³/mol. The highest BCUT2D eigenvalue weighted by atomic mass is 32.2. The van der Waals surface area contributed by atoms with Gasteiger partial charge in [-0.1, -0.05) is 97.3 Å². The van der Waals surface area contributed by atoms with E-state index in [1.54, 1.807) is 17.8 Å². The lowest BCUT2D eigenvalue weighted by molar-refractivity contribution is -0.148. The minimum atomic E-state index is -0.355. The summed E-state index contributed by atoms with van der Waals surface area (Å²) < 4.78 is 5.72. The lowest BCUT2D eigenvalue weighted by Gasteiger charge is -2.24. The highest BCUT2D eigenvalue weighted by molar-refractivity contribution is 7.99. The van der Waals surface area contributed by atoms with E-state index in [0.29, 0.717) is 26.1 Å². The van der Waals surface area contributed by atoms with Gasteiger partial charge in [-0.25, -0.2) is 15.0 Å². The van der Waals surface area contributed by atoms with Crippen LogP contribution in [-0.4, -0.2) is 48.8 Å². The molecule has 0 aromatic heterocycles. The molecule has 1 atom stereocenters. The topological polar surface area (TPSA) is 82.4 Å². The van der Waals surface area contributed by atoms with Crippen molar-refractivity contribution in [3.8, 4) is 6.07 Å². The molecule has 0 saturated carbocycles. The zero-order chi connectivity index (χ0) is 36.0. The van der Waals surface area contributed by atoms with Crippen LogP contribution in [0.15, 0.2) is 51.8 Å². The van der Waals surface area contributed by atoms with E-state index in [-0.39, 0.29) is 40.5 Å². The van der Waals surface area contributed by atoms with Gasteiger partial charge in [-0.15, -0.1) is 11.8 Å². The molecule has 0 saturated heterocycles. The van der Waals surface area contributed by atoms with Crippen LogP contribution in [0.1, 0.15) is 117 Å². The molecule has 0 fully saturated rings. The first-order valence-electron chi connectivity index (χ1n) is 18.2. The minimum Gasteiger partial charge on any atom is -0.464 e. The van der Waals surface area contributed by atoms with Gasteiger partial charge in [0, 0.05) is 29.2 Å². The molecule has 1 aliphatic rings. The summed E-state index contributed by atoms with van der Waals surface area (Å²) in [4.78, 5) is 37.9. The van der Waals surface area contributed by atoms with Crippen molar-refractivity contribution >= 4 is 35.4 Å². The number of nitriles is 1. The van der Waals surface area contributed by atoms with Crippen LogP contribution in [0.4, 0.5) is 5.69 Å². The van der Waals surface area contributed by atoms with Crippen molar-refractivity contribution in [3.63, 3.8) is 0 Å². The first-order chi connectivity index (χ1) is 23.8. The van der Waals surface area contributed by atoms with Crippen molar-refractivity contribution in [1.29, 1.82) is 5.26 Å². The summed E-state index contributed by atoms with van der Waals surface area (Å²) in [5, 5.41) is 9.63. The summed E-state index contributed by atoms with van der Waals surface area (Å²) in [6, 6.07) is 8.12. The monoisotopic (exact) mass is 685 g/mol. The molecule has 9 heteroatoms. The van der Waals surface area contributed by atoms with E-state index >= 15 is 0 Å². The molecule has 264 valence electrons. The normalized spacial score (nSPS) is 14.5. The number of hydrogen-bond acceptors (Lipinski definition) is 6. The van der Waals surface area contributed by atoms with Gasteiger partial charge in [0.25, 0.3) is 5.70 Å². The van der Waals surface area contributed by atoms with Crippen LogP contribution in [0.25, 0.3) is 15.8 Å². The van der Waals surface area contributed by atoms with Crippen LogP contribution in [0.3, 0.4) is 0 Å². The summed E-state index contributed by atoms with van der Waals surface area (Å²) in [5.74, 6) is 0.447. The van der Waals surface area contributed by atoms with Crippen molar-refractivity contribution in [1.82, 2.24) is 4.90 Å². The fraction of sp³-hybridized carbons (Fsp3) is 0.575. The van der Waals surface area contributed by atoms with Crippen molar-refractivity contribution in [2.75, 3.05) is 36.9 Å². The summed E-state index contributed by atoms with van der Waals surface area (Å²) in [7, 11) is 0. The molecule has 2 rings (SSSR count). The quantitative estimate of drug-likeness (QED) is 0.0375. The van der Waals surface area contributed by atoms with Gasteiger partial charge in [0.15, 0.2) is 0 Å². The Morgan fingerprint density at radius 1 is 1.02 bits per heavy atom. The van der Waals surface area contributed by atoms with E-state index in [1.807, 2.05) is 38.1 Å². The van der Waals surface area contributed by atoms with Crippen LogP contribution in [0, 0.1) is 30.4 Å². The maximum absolute atomic E-state index is 13.6. The van der Waals surface area contributed by atoms with Crippen LogP contribution in [0.2, 0.25) is 0 Å². The van der Waals surface area contributed by atoms with Crippen molar-refractivity contribution < 1.29 is 14.3 Å². The lowest BCUT2D eigenvalue weighted by Crippen LogP contribution is -2.29. The molecule has 1 aliphatic heterocycles. The Morgan fingerprint density at radius 2 is 1.73 bits per heavy atom. The number of unbranched alkanes of at least 4 members (excludes halogenated alkanes) is 7. The number of allylic oxidation sites excluding steroid dienone is 1. The first kappa shape index (κ1) is 41.2. The molecule has 1 aromatic rings.